The third kappa shape index (κ3) is 5.41. The molecule has 0 aromatic carbocycles. The minimum atomic E-state index is -0.0508. The van der Waals surface area contributed by atoms with Gasteiger partial charge in [0.15, 0.2) is 0 Å². The molecule has 0 saturated carbocycles. The first-order valence-electron chi connectivity index (χ1n) is 9.55. The number of hydrogen-bond donors (Lipinski definition) is 2. The van der Waals surface area contributed by atoms with Gasteiger partial charge in [0.25, 0.3) is 5.91 Å². The molecule has 0 spiro atoms. The average Bonchev–Trinajstić information content (AvgIpc) is 3.15. The van der Waals surface area contributed by atoms with Crippen molar-refractivity contribution in [1.29, 1.82) is 0 Å². The monoisotopic (exact) mass is 346 g/mol. The quantitative estimate of drug-likeness (QED) is 0.792. The Bertz CT molecular complexity index is 535. The van der Waals surface area contributed by atoms with E-state index in [1.54, 1.807) is 6.20 Å². The van der Waals surface area contributed by atoms with Crippen LogP contribution in [0.3, 0.4) is 0 Å². The lowest BCUT2D eigenvalue weighted by Gasteiger charge is -2.33. The fourth-order valence-electron chi connectivity index (χ4n) is 3.52. The molecule has 2 aliphatic heterocycles. The highest BCUT2D eigenvalue weighted by Gasteiger charge is 2.23. The molecule has 0 radical (unpaired) electrons. The molecular weight excluding hydrogens is 316 g/mol. The van der Waals surface area contributed by atoms with Crippen LogP contribution in [0.1, 0.15) is 43.0 Å². The molecule has 2 saturated heterocycles. The molecule has 138 valence electrons. The van der Waals surface area contributed by atoms with Crippen LogP contribution in [0.5, 0.6) is 0 Å². The predicted molar refractivity (Wildman–Crippen MR) is 98.9 cm³/mol. The van der Waals surface area contributed by atoms with Crippen molar-refractivity contribution in [3.8, 4) is 0 Å². The first kappa shape index (κ1) is 18.1. The second kappa shape index (κ2) is 9.15. The smallest absolute Gasteiger partial charge is 0.252 e. The van der Waals surface area contributed by atoms with Crippen LogP contribution in [-0.4, -0.2) is 61.2 Å². The van der Waals surface area contributed by atoms with Crippen LogP contribution in [0.15, 0.2) is 18.3 Å². The van der Waals surface area contributed by atoms with Crippen molar-refractivity contribution < 1.29 is 9.53 Å². The Hall–Kier alpha value is -1.66. The van der Waals surface area contributed by atoms with E-state index in [4.69, 9.17) is 4.74 Å². The number of hydrogen-bond acceptors (Lipinski definition) is 5. The van der Waals surface area contributed by atoms with Crippen molar-refractivity contribution in [2.45, 2.75) is 38.6 Å². The van der Waals surface area contributed by atoms with Crippen LogP contribution in [0.25, 0.3) is 0 Å². The Morgan fingerprint density at radius 1 is 1.32 bits per heavy atom. The summed E-state index contributed by atoms with van der Waals surface area (Å²) < 4.78 is 5.47. The Labute approximate surface area is 150 Å². The number of rotatable bonds is 7. The van der Waals surface area contributed by atoms with E-state index in [0.717, 1.165) is 57.3 Å². The van der Waals surface area contributed by atoms with Gasteiger partial charge < -0.3 is 20.3 Å². The van der Waals surface area contributed by atoms with Crippen molar-refractivity contribution in [2.24, 2.45) is 5.92 Å². The number of pyridine rings is 1. The number of amides is 1. The Kier molecular flexibility index (Phi) is 6.64. The number of piperidine rings is 1. The van der Waals surface area contributed by atoms with Gasteiger partial charge in [0.1, 0.15) is 5.82 Å². The fourth-order valence-corrected chi connectivity index (χ4v) is 3.52. The van der Waals surface area contributed by atoms with Crippen molar-refractivity contribution in [3.63, 3.8) is 0 Å². The lowest BCUT2D eigenvalue weighted by molar-refractivity contribution is 0.0953. The van der Waals surface area contributed by atoms with Crippen LogP contribution in [-0.2, 0) is 4.74 Å². The highest BCUT2D eigenvalue weighted by molar-refractivity contribution is 5.94. The largest absolute Gasteiger partial charge is 0.381 e. The van der Waals surface area contributed by atoms with E-state index < -0.39 is 0 Å². The van der Waals surface area contributed by atoms with E-state index >= 15 is 0 Å². The molecule has 25 heavy (non-hydrogen) atoms. The molecule has 1 aromatic rings. The first-order valence-corrected chi connectivity index (χ1v) is 9.55. The zero-order chi connectivity index (χ0) is 17.5. The van der Waals surface area contributed by atoms with Crippen LogP contribution in [0.4, 0.5) is 5.82 Å². The molecule has 2 aliphatic rings. The minimum Gasteiger partial charge on any atom is -0.381 e. The molecule has 6 heteroatoms. The lowest BCUT2D eigenvalue weighted by atomic mass is 10.0. The number of nitrogens with zero attached hydrogens (tertiary/aromatic N) is 2. The van der Waals surface area contributed by atoms with Gasteiger partial charge in [-0.05, 0) is 43.7 Å². The van der Waals surface area contributed by atoms with E-state index in [-0.39, 0.29) is 5.91 Å². The first-order chi connectivity index (χ1) is 12.2. The van der Waals surface area contributed by atoms with Crippen molar-refractivity contribution in [2.75, 3.05) is 44.7 Å². The summed E-state index contributed by atoms with van der Waals surface area (Å²) in [6, 6.07) is 4.21. The molecule has 0 aliphatic carbocycles. The Balaban J connectivity index is 1.41. The van der Waals surface area contributed by atoms with Crippen LogP contribution in [0.2, 0.25) is 0 Å². The zero-order valence-electron chi connectivity index (χ0n) is 15.2. The molecule has 0 bridgehead atoms. The SMILES string of the molecule is CCCNC(=O)c1ccc(NC2CCN(CC3CCOC3)CC2)nc1. The number of aromatic nitrogens is 1. The lowest BCUT2D eigenvalue weighted by Crippen LogP contribution is -2.41. The summed E-state index contributed by atoms with van der Waals surface area (Å²) in [5, 5.41) is 6.38. The standard InChI is InChI=1S/C19H30N4O2/c1-2-8-20-19(24)16-3-4-18(21-12-16)22-17-5-9-23(10-6-17)13-15-7-11-25-14-15/h3-4,12,15,17H,2,5-11,13-14H2,1H3,(H,20,24)(H,21,22). The fraction of sp³-hybridized carbons (Fsp3) is 0.684. The van der Waals surface area contributed by atoms with Crippen LogP contribution in [0, 0.1) is 5.92 Å². The van der Waals surface area contributed by atoms with E-state index in [1.165, 1.54) is 13.0 Å². The summed E-state index contributed by atoms with van der Waals surface area (Å²) in [6.07, 6.45) is 6.07. The highest BCUT2D eigenvalue weighted by Crippen LogP contribution is 2.19. The molecule has 2 fully saturated rings. The Morgan fingerprint density at radius 2 is 2.16 bits per heavy atom. The molecule has 3 heterocycles. The highest BCUT2D eigenvalue weighted by atomic mass is 16.5. The normalized spacial score (nSPS) is 22.0. The van der Waals surface area contributed by atoms with Gasteiger partial charge in [-0.1, -0.05) is 6.92 Å². The minimum absolute atomic E-state index is 0.0508. The molecule has 1 atom stereocenters. The maximum Gasteiger partial charge on any atom is 0.252 e. The second-order valence-electron chi connectivity index (χ2n) is 7.14. The number of nitrogens with one attached hydrogen (secondary N) is 2. The summed E-state index contributed by atoms with van der Waals surface area (Å²) in [4.78, 5) is 18.9. The van der Waals surface area contributed by atoms with E-state index in [1.807, 2.05) is 19.1 Å². The number of likely N-dealkylation sites (tertiary alicyclic amines) is 1. The van der Waals surface area contributed by atoms with Crippen molar-refractivity contribution >= 4 is 11.7 Å². The molecule has 1 amide bonds. The second-order valence-corrected chi connectivity index (χ2v) is 7.14. The van der Waals surface area contributed by atoms with E-state index in [0.29, 0.717) is 18.2 Å². The van der Waals surface area contributed by atoms with Crippen molar-refractivity contribution in [3.05, 3.63) is 23.9 Å². The number of anilines is 1. The van der Waals surface area contributed by atoms with E-state index in [2.05, 4.69) is 20.5 Å². The third-order valence-corrected chi connectivity index (χ3v) is 5.04. The van der Waals surface area contributed by atoms with Gasteiger partial charge in [-0.2, -0.15) is 0 Å². The summed E-state index contributed by atoms with van der Waals surface area (Å²) in [6.45, 7) is 8.04. The Morgan fingerprint density at radius 3 is 2.80 bits per heavy atom. The number of ether oxygens (including phenoxy) is 1. The van der Waals surface area contributed by atoms with Crippen LogP contribution < -0.4 is 10.6 Å². The van der Waals surface area contributed by atoms with Gasteiger partial charge in [-0.25, -0.2) is 4.98 Å². The molecule has 6 nitrogen and oxygen atoms in total. The molecular formula is C19H30N4O2. The van der Waals surface area contributed by atoms with E-state index in [9.17, 15) is 4.79 Å². The molecule has 2 N–H and O–H groups in total. The van der Waals surface area contributed by atoms with Gasteiger partial charge in [-0.15, -0.1) is 0 Å². The summed E-state index contributed by atoms with van der Waals surface area (Å²) in [5.74, 6) is 1.53. The molecule has 3 rings (SSSR count). The number of carbonyl (C=O) groups excluding carboxylic acids is 1. The number of carbonyl (C=O) groups is 1. The zero-order valence-corrected chi connectivity index (χ0v) is 15.2. The third-order valence-electron chi connectivity index (χ3n) is 5.04. The van der Waals surface area contributed by atoms with Crippen LogP contribution >= 0.6 is 0 Å². The average molecular weight is 346 g/mol. The summed E-state index contributed by atoms with van der Waals surface area (Å²) >= 11 is 0. The maximum atomic E-state index is 11.9. The van der Waals surface area contributed by atoms with Gasteiger partial charge in [0, 0.05) is 45.0 Å². The van der Waals surface area contributed by atoms with Gasteiger partial charge in [0.05, 0.1) is 12.2 Å². The topological polar surface area (TPSA) is 66.5 Å². The summed E-state index contributed by atoms with van der Waals surface area (Å²) in [5.41, 5.74) is 0.618. The van der Waals surface area contributed by atoms with Gasteiger partial charge >= 0.3 is 0 Å². The predicted octanol–water partition coefficient (Wildman–Crippen LogP) is 2.13. The molecule has 1 aromatic heterocycles. The maximum absolute atomic E-state index is 11.9. The summed E-state index contributed by atoms with van der Waals surface area (Å²) in [7, 11) is 0. The van der Waals surface area contributed by atoms with Gasteiger partial charge in [-0.3, -0.25) is 4.79 Å². The van der Waals surface area contributed by atoms with Crippen molar-refractivity contribution in [1.82, 2.24) is 15.2 Å². The molecule has 1 unspecified atom stereocenters. The van der Waals surface area contributed by atoms with Gasteiger partial charge in [0.2, 0.25) is 0 Å².